The molecule has 2 nitrogen and oxygen atoms in total. The van der Waals surface area contributed by atoms with Crippen molar-refractivity contribution in [3.05, 3.63) is 34.6 Å². The molecule has 0 aliphatic carbocycles. The number of rotatable bonds is 4. The van der Waals surface area contributed by atoms with Crippen LogP contribution in [0.3, 0.4) is 0 Å². The Bertz CT molecular complexity index is 283. The molecule has 0 atom stereocenters. The Hall–Kier alpha value is -0.930. The van der Waals surface area contributed by atoms with Crippen LogP contribution in [0.4, 0.5) is 4.39 Å². The van der Waals surface area contributed by atoms with E-state index in [1.165, 1.54) is 6.07 Å². The maximum Gasteiger partial charge on any atom is 0.129 e. The highest BCUT2D eigenvalue weighted by Gasteiger charge is 2.06. The van der Waals surface area contributed by atoms with Gasteiger partial charge in [-0.25, -0.2) is 4.39 Å². The van der Waals surface area contributed by atoms with Gasteiger partial charge in [-0.3, -0.25) is 0 Å². The summed E-state index contributed by atoms with van der Waals surface area (Å²) < 4.78 is 23.3. The molecule has 0 spiro atoms. The molecule has 0 amide bonds. The maximum atomic E-state index is 13.3. The number of benzene rings is 1. The zero-order valence-corrected chi connectivity index (χ0v) is 8.76. The molecule has 0 N–H and O–H groups in total. The molecule has 0 saturated carbocycles. The van der Waals surface area contributed by atoms with E-state index in [1.807, 2.05) is 6.92 Å². The van der Waals surface area contributed by atoms with Gasteiger partial charge in [0.1, 0.15) is 5.82 Å². The predicted octanol–water partition coefficient (Wildman–Crippen LogP) is 2.43. The first-order valence-electron chi connectivity index (χ1n) is 4.44. The second kappa shape index (κ2) is 5.08. The first kappa shape index (κ1) is 11.1. The van der Waals surface area contributed by atoms with Gasteiger partial charge in [0.05, 0.1) is 13.2 Å². The number of halogens is 1. The number of ether oxygens (including phenoxy) is 2. The van der Waals surface area contributed by atoms with Crippen LogP contribution in [0.1, 0.15) is 16.7 Å². The van der Waals surface area contributed by atoms with Crippen LogP contribution in [0.25, 0.3) is 0 Å². The molecule has 0 aliphatic rings. The normalized spacial score (nSPS) is 10.6. The summed E-state index contributed by atoms with van der Waals surface area (Å²) in [6.07, 6.45) is 0. The molecule has 0 bridgehead atoms. The van der Waals surface area contributed by atoms with Crippen LogP contribution in [0.5, 0.6) is 0 Å². The van der Waals surface area contributed by atoms with Gasteiger partial charge in [-0.15, -0.1) is 0 Å². The summed E-state index contributed by atoms with van der Waals surface area (Å²) in [6, 6.07) is 3.31. The largest absolute Gasteiger partial charge is 0.380 e. The molecule has 0 saturated heterocycles. The predicted molar refractivity (Wildman–Crippen MR) is 52.6 cm³/mol. The van der Waals surface area contributed by atoms with Crippen LogP contribution in [0.2, 0.25) is 0 Å². The summed E-state index contributed by atoms with van der Waals surface area (Å²) >= 11 is 0. The molecular formula is C11H15FO2. The van der Waals surface area contributed by atoms with E-state index in [2.05, 4.69) is 0 Å². The molecule has 0 heterocycles. The summed E-state index contributed by atoms with van der Waals surface area (Å²) in [5.74, 6) is -0.218. The lowest BCUT2D eigenvalue weighted by molar-refractivity contribution is 0.177. The Morgan fingerprint density at radius 1 is 1.07 bits per heavy atom. The van der Waals surface area contributed by atoms with Crippen molar-refractivity contribution in [1.29, 1.82) is 0 Å². The Kier molecular flexibility index (Phi) is 4.04. The molecule has 1 aromatic carbocycles. The topological polar surface area (TPSA) is 18.5 Å². The average Bonchev–Trinajstić information content (AvgIpc) is 2.14. The first-order chi connectivity index (χ1) is 6.69. The van der Waals surface area contributed by atoms with Crippen molar-refractivity contribution >= 4 is 0 Å². The van der Waals surface area contributed by atoms with Crippen molar-refractivity contribution in [2.75, 3.05) is 14.2 Å². The summed E-state index contributed by atoms with van der Waals surface area (Å²) in [7, 11) is 3.17. The van der Waals surface area contributed by atoms with Crippen molar-refractivity contribution in [2.24, 2.45) is 0 Å². The minimum absolute atomic E-state index is 0.218. The third-order valence-corrected chi connectivity index (χ3v) is 2.10. The van der Waals surface area contributed by atoms with Gasteiger partial charge in [0.2, 0.25) is 0 Å². The molecule has 0 fully saturated rings. The summed E-state index contributed by atoms with van der Waals surface area (Å²) in [4.78, 5) is 0. The van der Waals surface area contributed by atoms with Crippen molar-refractivity contribution in [3.63, 3.8) is 0 Å². The third-order valence-electron chi connectivity index (χ3n) is 2.10. The van der Waals surface area contributed by atoms with E-state index in [0.29, 0.717) is 18.8 Å². The summed E-state index contributed by atoms with van der Waals surface area (Å²) in [5, 5.41) is 0. The van der Waals surface area contributed by atoms with E-state index in [9.17, 15) is 4.39 Å². The zero-order valence-electron chi connectivity index (χ0n) is 8.76. The van der Waals surface area contributed by atoms with Gasteiger partial charge in [-0.2, -0.15) is 0 Å². The monoisotopic (exact) mass is 198 g/mol. The Labute approximate surface area is 83.6 Å². The summed E-state index contributed by atoms with van der Waals surface area (Å²) in [5.41, 5.74) is 2.48. The molecule has 0 radical (unpaired) electrons. The van der Waals surface area contributed by atoms with Crippen LogP contribution in [0, 0.1) is 12.7 Å². The lowest BCUT2D eigenvalue weighted by Gasteiger charge is -2.09. The van der Waals surface area contributed by atoms with Crippen LogP contribution < -0.4 is 0 Å². The molecule has 0 unspecified atom stereocenters. The van der Waals surface area contributed by atoms with Gasteiger partial charge in [-0.05, 0) is 30.2 Å². The number of aryl methyl sites for hydroxylation is 1. The van der Waals surface area contributed by atoms with E-state index >= 15 is 0 Å². The smallest absolute Gasteiger partial charge is 0.129 e. The number of hydrogen-bond donors (Lipinski definition) is 0. The Morgan fingerprint density at radius 3 is 2.21 bits per heavy atom. The van der Waals surface area contributed by atoms with Crippen molar-refractivity contribution in [1.82, 2.24) is 0 Å². The van der Waals surface area contributed by atoms with Crippen LogP contribution in [-0.4, -0.2) is 14.2 Å². The van der Waals surface area contributed by atoms with Crippen LogP contribution >= 0.6 is 0 Å². The van der Waals surface area contributed by atoms with E-state index in [1.54, 1.807) is 20.3 Å². The number of hydrogen-bond acceptors (Lipinski definition) is 2. The van der Waals surface area contributed by atoms with Crippen molar-refractivity contribution < 1.29 is 13.9 Å². The fourth-order valence-electron chi connectivity index (χ4n) is 1.35. The lowest BCUT2D eigenvalue weighted by atomic mass is 10.1. The zero-order chi connectivity index (χ0) is 10.6. The highest BCUT2D eigenvalue weighted by atomic mass is 19.1. The highest BCUT2D eigenvalue weighted by Crippen LogP contribution is 2.16. The molecule has 78 valence electrons. The van der Waals surface area contributed by atoms with Crippen LogP contribution in [-0.2, 0) is 22.7 Å². The van der Waals surface area contributed by atoms with Gasteiger partial charge in [0, 0.05) is 19.8 Å². The lowest BCUT2D eigenvalue weighted by Crippen LogP contribution is -1.99. The van der Waals surface area contributed by atoms with E-state index in [0.717, 1.165) is 11.1 Å². The third kappa shape index (κ3) is 2.53. The Balaban J connectivity index is 3.00. The molecule has 1 rings (SSSR count). The van der Waals surface area contributed by atoms with Gasteiger partial charge in [-0.1, -0.05) is 0 Å². The number of methoxy groups -OCH3 is 2. The van der Waals surface area contributed by atoms with E-state index in [-0.39, 0.29) is 5.82 Å². The molecule has 3 heteroatoms. The van der Waals surface area contributed by atoms with Gasteiger partial charge < -0.3 is 9.47 Å². The fourth-order valence-corrected chi connectivity index (χ4v) is 1.35. The molecule has 0 aromatic heterocycles. The van der Waals surface area contributed by atoms with Crippen molar-refractivity contribution in [3.8, 4) is 0 Å². The molecule has 0 aliphatic heterocycles. The van der Waals surface area contributed by atoms with Gasteiger partial charge in [0.15, 0.2) is 0 Å². The van der Waals surface area contributed by atoms with E-state index in [4.69, 9.17) is 9.47 Å². The minimum Gasteiger partial charge on any atom is -0.380 e. The second-order valence-electron chi connectivity index (χ2n) is 3.24. The molecule has 14 heavy (non-hydrogen) atoms. The Morgan fingerprint density at radius 2 is 1.64 bits per heavy atom. The standard InChI is InChI=1S/C11H15FO2/c1-8-4-11(12)10(7-14-3)5-9(8)6-13-2/h4-5H,6-7H2,1-3H3. The molecular weight excluding hydrogens is 183 g/mol. The van der Waals surface area contributed by atoms with Crippen LogP contribution in [0.15, 0.2) is 12.1 Å². The maximum absolute atomic E-state index is 13.3. The first-order valence-corrected chi connectivity index (χ1v) is 4.44. The van der Waals surface area contributed by atoms with E-state index < -0.39 is 0 Å². The average molecular weight is 198 g/mol. The molecule has 1 aromatic rings. The van der Waals surface area contributed by atoms with Crippen molar-refractivity contribution in [2.45, 2.75) is 20.1 Å². The van der Waals surface area contributed by atoms with Gasteiger partial charge >= 0.3 is 0 Å². The highest BCUT2D eigenvalue weighted by molar-refractivity contribution is 5.31. The SMILES string of the molecule is COCc1cc(COC)c(F)cc1C. The minimum atomic E-state index is -0.218. The second-order valence-corrected chi connectivity index (χ2v) is 3.24. The quantitative estimate of drug-likeness (QED) is 0.739. The summed E-state index contributed by atoms with van der Waals surface area (Å²) in [6.45, 7) is 2.67. The van der Waals surface area contributed by atoms with Gasteiger partial charge in [0.25, 0.3) is 0 Å². The fraction of sp³-hybridized carbons (Fsp3) is 0.455.